The molecule has 0 radical (unpaired) electrons. The maximum Gasteiger partial charge on any atom is 0.416 e. The highest BCUT2D eigenvalue weighted by molar-refractivity contribution is 6.31. The summed E-state index contributed by atoms with van der Waals surface area (Å²) in [6.45, 7) is 2.04. The van der Waals surface area contributed by atoms with Crippen LogP contribution < -0.4 is 0 Å². The van der Waals surface area contributed by atoms with E-state index in [1.807, 2.05) is 0 Å². The van der Waals surface area contributed by atoms with Crippen LogP contribution in [-0.2, 0) is 28.9 Å². The van der Waals surface area contributed by atoms with Crippen LogP contribution in [0.4, 0.5) is 13.2 Å². The zero-order valence-corrected chi connectivity index (χ0v) is 17.9. The van der Waals surface area contributed by atoms with Gasteiger partial charge in [0.1, 0.15) is 0 Å². The highest BCUT2D eigenvalue weighted by Crippen LogP contribution is 2.29. The molecule has 1 amide bonds. The number of halogens is 3. The fraction of sp³-hybridized carbons (Fsp3) is 0.360. The number of carboxylic acids is 1. The maximum absolute atomic E-state index is 12.7. The number of hydrogen-bond donors (Lipinski definition) is 1. The first-order chi connectivity index (χ1) is 15.2. The van der Waals surface area contributed by atoms with Crippen LogP contribution in [0.3, 0.4) is 0 Å². The van der Waals surface area contributed by atoms with Gasteiger partial charge in [-0.1, -0.05) is 62.3 Å². The first-order valence-electron chi connectivity index (χ1n) is 10.5. The molecule has 0 bridgehead atoms. The standard InChI is InChI=1S/C25H26F3NO3/c1-2-3-4-5-6-7-8-19-9-11-20(12-10-19)17-29(23(30)24(31)32)18-21-13-15-22(16-14-21)25(26,27)28/h9-16H,2-6,17-18H2,1H3,(H,31,32). The van der Waals surface area contributed by atoms with Crippen molar-refractivity contribution in [2.75, 3.05) is 0 Å². The highest BCUT2D eigenvalue weighted by Gasteiger charge is 2.30. The third-order valence-corrected chi connectivity index (χ3v) is 4.84. The molecule has 2 rings (SSSR count). The van der Waals surface area contributed by atoms with Crippen LogP contribution in [0.1, 0.15) is 61.3 Å². The highest BCUT2D eigenvalue weighted by atomic mass is 19.4. The number of nitrogens with zero attached hydrogens (tertiary/aromatic N) is 1. The van der Waals surface area contributed by atoms with Crippen LogP contribution >= 0.6 is 0 Å². The number of hydrogen-bond acceptors (Lipinski definition) is 2. The number of rotatable bonds is 8. The van der Waals surface area contributed by atoms with Gasteiger partial charge in [-0.05, 0) is 41.8 Å². The Balaban J connectivity index is 2.05. The second-order valence-corrected chi connectivity index (χ2v) is 7.47. The van der Waals surface area contributed by atoms with Crippen molar-refractivity contribution in [3.8, 4) is 11.8 Å². The zero-order valence-electron chi connectivity index (χ0n) is 17.9. The normalized spacial score (nSPS) is 10.9. The van der Waals surface area contributed by atoms with E-state index in [4.69, 9.17) is 5.11 Å². The van der Waals surface area contributed by atoms with Gasteiger partial charge in [0.05, 0.1) is 5.56 Å². The number of benzene rings is 2. The van der Waals surface area contributed by atoms with Crippen LogP contribution in [-0.4, -0.2) is 21.9 Å². The molecule has 0 heterocycles. The number of carbonyl (C=O) groups is 2. The predicted octanol–water partition coefficient (Wildman–Crippen LogP) is 5.64. The van der Waals surface area contributed by atoms with Gasteiger partial charge in [-0.3, -0.25) is 4.79 Å². The molecular formula is C25H26F3NO3. The molecule has 0 unspecified atom stereocenters. The van der Waals surface area contributed by atoms with E-state index >= 15 is 0 Å². The first kappa shape index (κ1) is 25.0. The van der Waals surface area contributed by atoms with Crippen molar-refractivity contribution in [1.29, 1.82) is 0 Å². The molecule has 2 aromatic carbocycles. The molecule has 2 aromatic rings. The van der Waals surface area contributed by atoms with Crippen molar-refractivity contribution < 1.29 is 27.9 Å². The summed E-state index contributed by atoms with van der Waals surface area (Å²) in [6.07, 6.45) is 0.972. The summed E-state index contributed by atoms with van der Waals surface area (Å²) in [7, 11) is 0. The van der Waals surface area contributed by atoms with Gasteiger partial charge in [-0.25, -0.2) is 4.79 Å². The molecule has 4 nitrogen and oxygen atoms in total. The molecule has 1 N–H and O–H groups in total. The van der Waals surface area contributed by atoms with Crippen molar-refractivity contribution in [2.45, 2.75) is 58.3 Å². The van der Waals surface area contributed by atoms with Crippen LogP contribution in [0.2, 0.25) is 0 Å². The SMILES string of the molecule is CCCCCCC#Cc1ccc(CN(Cc2ccc(C(F)(F)F)cc2)C(=O)C(=O)O)cc1. The number of carbonyl (C=O) groups excluding carboxylic acids is 1. The quantitative estimate of drug-likeness (QED) is 0.325. The Hall–Kier alpha value is -3.27. The van der Waals surface area contributed by atoms with Crippen LogP contribution in [0.5, 0.6) is 0 Å². The molecule has 0 aromatic heterocycles. The van der Waals surface area contributed by atoms with E-state index in [-0.39, 0.29) is 13.1 Å². The van der Waals surface area contributed by atoms with Gasteiger partial charge in [-0.15, -0.1) is 0 Å². The van der Waals surface area contributed by atoms with E-state index in [9.17, 15) is 22.8 Å². The molecule has 0 aliphatic rings. The molecule has 0 saturated carbocycles. The van der Waals surface area contributed by atoms with E-state index in [1.165, 1.54) is 25.0 Å². The van der Waals surface area contributed by atoms with Crippen molar-refractivity contribution in [3.63, 3.8) is 0 Å². The third-order valence-electron chi connectivity index (χ3n) is 4.84. The molecule has 0 saturated heterocycles. The lowest BCUT2D eigenvalue weighted by atomic mass is 10.1. The lowest BCUT2D eigenvalue weighted by Crippen LogP contribution is -2.35. The van der Waals surface area contributed by atoms with Crippen molar-refractivity contribution in [2.24, 2.45) is 0 Å². The summed E-state index contributed by atoms with van der Waals surface area (Å²) in [5, 5.41) is 9.12. The molecule has 170 valence electrons. The maximum atomic E-state index is 12.7. The van der Waals surface area contributed by atoms with Gasteiger partial charge in [0.15, 0.2) is 0 Å². The second kappa shape index (κ2) is 11.9. The Bertz CT molecular complexity index is 955. The predicted molar refractivity (Wildman–Crippen MR) is 115 cm³/mol. The summed E-state index contributed by atoms with van der Waals surface area (Å²) in [4.78, 5) is 24.4. The fourth-order valence-corrected chi connectivity index (χ4v) is 3.07. The smallest absolute Gasteiger partial charge is 0.416 e. The molecule has 7 heteroatoms. The summed E-state index contributed by atoms with van der Waals surface area (Å²) in [6, 6.07) is 11.4. The number of amides is 1. The molecule has 32 heavy (non-hydrogen) atoms. The van der Waals surface area contributed by atoms with Gasteiger partial charge in [-0.2, -0.15) is 13.2 Å². The molecule has 0 atom stereocenters. The zero-order chi connectivity index (χ0) is 23.6. The molecule has 0 aliphatic carbocycles. The largest absolute Gasteiger partial charge is 0.474 e. The molecule has 0 spiro atoms. The fourth-order valence-electron chi connectivity index (χ4n) is 3.07. The van der Waals surface area contributed by atoms with Crippen molar-refractivity contribution in [1.82, 2.24) is 4.90 Å². The third kappa shape index (κ3) is 8.10. The Morgan fingerprint density at radius 2 is 1.47 bits per heavy atom. The van der Waals surface area contributed by atoms with E-state index in [1.54, 1.807) is 24.3 Å². The van der Waals surface area contributed by atoms with Gasteiger partial charge >= 0.3 is 18.1 Å². The lowest BCUT2D eigenvalue weighted by Gasteiger charge is -2.21. The monoisotopic (exact) mass is 445 g/mol. The summed E-state index contributed by atoms with van der Waals surface area (Å²) in [5.41, 5.74) is 1.11. The van der Waals surface area contributed by atoms with Crippen LogP contribution in [0, 0.1) is 11.8 Å². The molecule has 0 fully saturated rings. The Labute approximate surface area is 186 Å². The minimum Gasteiger partial charge on any atom is -0.474 e. The average molecular weight is 445 g/mol. The van der Waals surface area contributed by atoms with Crippen molar-refractivity contribution >= 4 is 11.9 Å². The number of unbranched alkanes of at least 4 members (excludes halogenated alkanes) is 4. The Kier molecular flexibility index (Phi) is 9.33. The molecular weight excluding hydrogens is 419 g/mol. The first-order valence-corrected chi connectivity index (χ1v) is 10.5. The number of alkyl halides is 3. The number of carboxylic acid groups (broad SMARTS) is 1. The second-order valence-electron chi connectivity index (χ2n) is 7.47. The minimum atomic E-state index is -4.46. The van der Waals surface area contributed by atoms with Gasteiger partial charge < -0.3 is 10.0 Å². The van der Waals surface area contributed by atoms with E-state index < -0.39 is 23.6 Å². The van der Waals surface area contributed by atoms with E-state index in [2.05, 4.69) is 18.8 Å². The lowest BCUT2D eigenvalue weighted by molar-refractivity contribution is -0.156. The topological polar surface area (TPSA) is 57.6 Å². The van der Waals surface area contributed by atoms with E-state index in [0.29, 0.717) is 11.1 Å². The van der Waals surface area contributed by atoms with Crippen LogP contribution in [0.15, 0.2) is 48.5 Å². The minimum absolute atomic E-state index is 0.0108. The van der Waals surface area contributed by atoms with Gasteiger partial charge in [0.2, 0.25) is 0 Å². The summed E-state index contributed by atoms with van der Waals surface area (Å²) in [5.74, 6) is 3.47. The average Bonchev–Trinajstić information content (AvgIpc) is 2.76. The Morgan fingerprint density at radius 3 is 1.97 bits per heavy atom. The summed E-state index contributed by atoms with van der Waals surface area (Å²) < 4.78 is 38.2. The molecule has 0 aliphatic heterocycles. The van der Waals surface area contributed by atoms with Crippen LogP contribution in [0.25, 0.3) is 0 Å². The van der Waals surface area contributed by atoms with E-state index in [0.717, 1.165) is 41.9 Å². The Morgan fingerprint density at radius 1 is 0.906 bits per heavy atom. The van der Waals surface area contributed by atoms with Crippen molar-refractivity contribution in [3.05, 3.63) is 70.8 Å². The van der Waals surface area contributed by atoms with Gasteiger partial charge in [0, 0.05) is 25.1 Å². The van der Waals surface area contributed by atoms with Gasteiger partial charge in [0.25, 0.3) is 0 Å². The summed E-state index contributed by atoms with van der Waals surface area (Å²) >= 11 is 0. The number of aliphatic carboxylic acids is 1.